The van der Waals surface area contributed by atoms with Crippen molar-refractivity contribution >= 4 is 11.8 Å². The van der Waals surface area contributed by atoms with Crippen molar-refractivity contribution in [2.24, 2.45) is 5.73 Å². The maximum absolute atomic E-state index is 12.0. The van der Waals surface area contributed by atoms with Crippen LogP contribution in [0.5, 0.6) is 0 Å². The van der Waals surface area contributed by atoms with Crippen molar-refractivity contribution in [3.05, 3.63) is 0 Å². The van der Waals surface area contributed by atoms with Gasteiger partial charge in [-0.25, -0.2) is 0 Å². The highest BCUT2D eigenvalue weighted by atomic mass is 16.2. The van der Waals surface area contributed by atoms with Gasteiger partial charge in [0.2, 0.25) is 11.8 Å². The van der Waals surface area contributed by atoms with E-state index in [1.54, 1.807) is 18.9 Å². The second kappa shape index (κ2) is 4.61. The first-order valence-electron chi connectivity index (χ1n) is 5.25. The Morgan fingerprint density at radius 2 is 2.13 bits per heavy atom. The Bertz CT molecular complexity index is 267. The van der Waals surface area contributed by atoms with Crippen molar-refractivity contribution in [2.75, 3.05) is 20.1 Å². The highest BCUT2D eigenvalue weighted by Crippen LogP contribution is 2.12. The smallest absolute Gasteiger partial charge is 0.245 e. The van der Waals surface area contributed by atoms with Gasteiger partial charge in [0.1, 0.15) is 6.04 Å². The second-order valence-corrected chi connectivity index (χ2v) is 4.05. The topological polar surface area (TPSA) is 66.6 Å². The highest BCUT2D eigenvalue weighted by molar-refractivity contribution is 5.89. The largest absolute Gasteiger partial charge is 0.336 e. The molecule has 2 amide bonds. The van der Waals surface area contributed by atoms with Crippen LogP contribution in [0.3, 0.4) is 0 Å². The quantitative estimate of drug-likeness (QED) is 0.667. The van der Waals surface area contributed by atoms with Gasteiger partial charge < -0.3 is 15.5 Å². The summed E-state index contributed by atoms with van der Waals surface area (Å²) in [5.74, 6) is 0.00358. The Balaban J connectivity index is 2.85. The number of hydrogen-bond acceptors (Lipinski definition) is 3. The third-order valence-corrected chi connectivity index (χ3v) is 3.05. The summed E-state index contributed by atoms with van der Waals surface area (Å²) in [6.07, 6.45) is 0.386. The van der Waals surface area contributed by atoms with E-state index in [0.29, 0.717) is 19.5 Å². The summed E-state index contributed by atoms with van der Waals surface area (Å²) in [6, 6.07) is -0.381. The SMILES string of the molecule is CC1C(=O)N(C(C)CN)CCC(=O)N1C. The van der Waals surface area contributed by atoms with Crippen LogP contribution in [-0.2, 0) is 9.59 Å². The minimum absolute atomic E-state index is 0.000694. The number of nitrogens with two attached hydrogens (primary N) is 1. The van der Waals surface area contributed by atoms with Crippen LogP contribution in [0, 0.1) is 0 Å². The molecule has 1 fully saturated rings. The van der Waals surface area contributed by atoms with E-state index in [1.165, 1.54) is 4.90 Å². The molecular formula is C10H19N3O2. The van der Waals surface area contributed by atoms with Crippen molar-refractivity contribution in [2.45, 2.75) is 32.4 Å². The summed E-state index contributed by atoms with van der Waals surface area (Å²) in [7, 11) is 1.67. The summed E-state index contributed by atoms with van der Waals surface area (Å²) in [6.45, 7) is 4.56. The zero-order valence-electron chi connectivity index (χ0n) is 9.56. The third kappa shape index (κ3) is 2.28. The van der Waals surface area contributed by atoms with Gasteiger partial charge in [-0.05, 0) is 13.8 Å². The fourth-order valence-electron chi connectivity index (χ4n) is 1.69. The van der Waals surface area contributed by atoms with Crippen LogP contribution in [0.1, 0.15) is 20.3 Å². The molecule has 1 rings (SSSR count). The molecule has 0 aromatic rings. The lowest BCUT2D eigenvalue weighted by molar-refractivity contribution is -0.140. The first-order chi connectivity index (χ1) is 6.99. The zero-order valence-corrected chi connectivity index (χ0v) is 9.56. The molecular weight excluding hydrogens is 194 g/mol. The standard InChI is InChI=1S/C10H19N3O2/c1-7(6-11)13-5-4-9(14)12(3)8(2)10(13)15/h7-8H,4-6,11H2,1-3H3. The average Bonchev–Trinajstić information content (AvgIpc) is 2.33. The van der Waals surface area contributed by atoms with Crippen LogP contribution in [0.2, 0.25) is 0 Å². The van der Waals surface area contributed by atoms with E-state index in [9.17, 15) is 9.59 Å². The van der Waals surface area contributed by atoms with E-state index in [2.05, 4.69) is 0 Å². The van der Waals surface area contributed by atoms with Gasteiger partial charge in [0.05, 0.1) is 0 Å². The van der Waals surface area contributed by atoms with Crippen LogP contribution in [0.15, 0.2) is 0 Å². The van der Waals surface area contributed by atoms with Crippen LogP contribution in [0.4, 0.5) is 0 Å². The van der Waals surface area contributed by atoms with Crippen molar-refractivity contribution in [1.82, 2.24) is 9.80 Å². The molecule has 1 aliphatic rings. The Morgan fingerprint density at radius 3 is 2.67 bits per heavy atom. The van der Waals surface area contributed by atoms with Gasteiger partial charge in [0.15, 0.2) is 0 Å². The molecule has 0 saturated carbocycles. The second-order valence-electron chi connectivity index (χ2n) is 4.05. The molecule has 2 unspecified atom stereocenters. The molecule has 2 N–H and O–H groups in total. The van der Waals surface area contributed by atoms with E-state index in [0.717, 1.165) is 0 Å². The van der Waals surface area contributed by atoms with Crippen molar-refractivity contribution < 1.29 is 9.59 Å². The summed E-state index contributed by atoms with van der Waals surface area (Å²) < 4.78 is 0. The van der Waals surface area contributed by atoms with Gasteiger partial charge in [-0.2, -0.15) is 0 Å². The molecule has 0 bridgehead atoms. The number of rotatable bonds is 2. The first-order valence-corrected chi connectivity index (χ1v) is 5.25. The fraction of sp³-hybridized carbons (Fsp3) is 0.800. The minimum atomic E-state index is -0.381. The number of carbonyl (C=O) groups excluding carboxylic acids is 2. The molecule has 1 saturated heterocycles. The summed E-state index contributed by atoms with van der Waals surface area (Å²) in [5.41, 5.74) is 5.54. The average molecular weight is 213 g/mol. The Kier molecular flexibility index (Phi) is 3.68. The Hall–Kier alpha value is -1.10. The van der Waals surface area contributed by atoms with Crippen LogP contribution in [0.25, 0.3) is 0 Å². The van der Waals surface area contributed by atoms with E-state index < -0.39 is 0 Å². The normalized spacial score (nSPS) is 25.5. The molecule has 0 spiro atoms. The van der Waals surface area contributed by atoms with Gasteiger partial charge in [0.25, 0.3) is 0 Å². The number of amides is 2. The van der Waals surface area contributed by atoms with E-state index in [-0.39, 0.29) is 23.9 Å². The predicted octanol–water partition coefficient (Wildman–Crippen LogP) is -0.587. The fourth-order valence-corrected chi connectivity index (χ4v) is 1.69. The molecule has 0 radical (unpaired) electrons. The minimum Gasteiger partial charge on any atom is -0.336 e. The maximum atomic E-state index is 12.0. The third-order valence-electron chi connectivity index (χ3n) is 3.05. The van der Waals surface area contributed by atoms with E-state index in [1.807, 2.05) is 6.92 Å². The van der Waals surface area contributed by atoms with Gasteiger partial charge in [-0.1, -0.05) is 0 Å². The molecule has 2 atom stereocenters. The predicted molar refractivity (Wildman–Crippen MR) is 57.1 cm³/mol. The highest BCUT2D eigenvalue weighted by Gasteiger charge is 2.32. The Morgan fingerprint density at radius 1 is 1.53 bits per heavy atom. The van der Waals surface area contributed by atoms with Gasteiger partial charge in [-0.3, -0.25) is 9.59 Å². The molecule has 5 nitrogen and oxygen atoms in total. The summed E-state index contributed by atoms with van der Waals surface area (Å²) in [4.78, 5) is 26.7. The summed E-state index contributed by atoms with van der Waals surface area (Å²) >= 11 is 0. The van der Waals surface area contributed by atoms with Gasteiger partial charge in [0, 0.05) is 32.6 Å². The molecule has 15 heavy (non-hydrogen) atoms. The molecule has 1 heterocycles. The Labute approximate surface area is 90.2 Å². The number of carbonyl (C=O) groups is 2. The zero-order chi connectivity index (χ0) is 11.6. The lowest BCUT2D eigenvalue weighted by atomic mass is 10.2. The molecule has 0 aliphatic carbocycles. The van der Waals surface area contributed by atoms with E-state index >= 15 is 0 Å². The van der Waals surface area contributed by atoms with Crippen molar-refractivity contribution in [3.8, 4) is 0 Å². The lowest BCUT2D eigenvalue weighted by Crippen LogP contribution is -2.48. The van der Waals surface area contributed by atoms with Crippen molar-refractivity contribution in [1.29, 1.82) is 0 Å². The molecule has 5 heteroatoms. The van der Waals surface area contributed by atoms with Crippen LogP contribution < -0.4 is 5.73 Å². The number of likely N-dealkylation sites (N-methyl/N-ethyl adjacent to an activating group) is 1. The van der Waals surface area contributed by atoms with Gasteiger partial charge in [-0.15, -0.1) is 0 Å². The molecule has 0 aromatic carbocycles. The maximum Gasteiger partial charge on any atom is 0.245 e. The lowest BCUT2D eigenvalue weighted by Gasteiger charge is -2.29. The first kappa shape index (κ1) is 12.0. The van der Waals surface area contributed by atoms with E-state index in [4.69, 9.17) is 5.73 Å². The molecule has 0 aromatic heterocycles. The van der Waals surface area contributed by atoms with Crippen LogP contribution >= 0.6 is 0 Å². The number of nitrogens with zero attached hydrogens (tertiary/aromatic N) is 2. The molecule has 86 valence electrons. The van der Waals surface area contributed by atoms with Gasteiger partial charge >= 0.3 is 0 Å². The molecule has 1 aliphatic heterocycles. The summed E-state index contributed by atoms with van der Waals surface area (Å²) in [5, 5.41) is 0. The number of hydrogen-bond donors (Lipinski definition) is 1. The monoisotopic (exact) mass is 213 g/mol. The van der Waals surface area contributed by atoms with Crippen LogP contribution in [-0.4, -0.2) is 53.8 Å². The van der Waals surface area contributed by atoms with Crippen molar-refractivity contribution in [3.63, 3.8) is 0 Å².